The molecule has 2 aromatic rings. The molecule has 0 aromatic carbocycles. The van der Waals surface area contributed by atoms with Gasteiger partial charge in [0.15, 0.2) is 11.5 Å². The van der Waals surface area contributed by atoms with Crippen molar-refractivity contribution < 1.29 is 4.79 Å². The molecule has 2 rings (SSSR count). The van der Waals surface area contributed by atoms with Crippen molar-refractivity contribution >= 4 is 23.2 Å². The molecule has 0 aliphatic carbocycles. The summed E-state index contributed by atoms with van der Waals surface area (Å²) in [5.74, 6) is 1.42. The van der Waals surface area contributed by atoms with Gasteiger partial charge in [-0.15, -0.1) is 0 Å². The molecule has 0 radical (unpaired) electrons. The van der Waals surface area contributed by atoms with Gasteiger partial charge in [-0.3, -0.25) is 4.79 Å². The van der Waals surface area contributed by atoms with Gasteiger partial charge in [-0.1, -0.05) is 0 Å². The summed E-state index contributed by atoms with van der Waals surface area (Å²) in [5, 5.41) is 6.26. The van der Waals surface area contributed by atoms with Crippen molar-refractivity contribution in [3.8, 4) is 0 Å². The van der Waals surface area contributed by atoms with Crippen LogP contribution in [0.3, 0.4) is 0 Å². The molecule has 114 valence electrons. The predicted molar refractivity (Wildman–Crippen MR) is 83.6 cm³/mol. The Bertz CT molecular complexity index is 605. The highest BCUT2D eigenvalue weighted by molar-refractivity contribution is 5.82. The van der Waals surface area contributed by atoms with Crippen molar-refractivity contribution in [2.75, 3.05) is 36.8 Å². The van der Waals surface area contributed by atoms with Crippen molar-refractivity contribution in [3.63, 3.8) is 0 Å². The topological polar surface area (TPSA) is 74.6 Å². The van der Waals surface area contributed by atoms with Crippen LogP contribution < -0.4 is 10.6 Å². The summed E-state index contributed by atoms with van der Waals surface area (Å²) in [5.41, 5.74) is 0.712. The minimum absolute atomic E-state index is 0.0559. The predicted octanol–water partition coefficient (Wildman–Crippen LogP) is 1.44. The zero-order valence-electron chi connectivity index (χ0n) is 12.8. The molecule has 2 N–H and O–H groups in total. The van der Waals surface area contributed by atoms with Crippen molar-refractivity contribution in [3.05, 3.63) is 18.6 Å². The summed E-state index contributed by atoms with van der Waals surface area (Å²) in [6.45, 7) is 8.37. The molecule has 2 aromatic heterocycles. The molecule has 1 amide bonds. The molecule has 0 aliphatic heterocycles. The number of fused-ring (bicyclic) bond motifs is 1. The molecule has 7 nitrogen and oxygen atoms in total. The van der Waals surface area contributed by atoms with Crippen LogP contribution in [-0.4, -0.2) is 51.4 Å². The Morgan fingerprint density at radius 1 is 1.29 bits per heavy atom. The number of hydrogen-bond donors (Lipinski definition) is 2. The molecule has 0 spiro atoms. The second-order valence-electron chi connectivity index (χ2n) is 4.58. The number of carbonyl (C=O) groups excluding carboxylic acids is 1. The standard InChI is InChI=1S/C14H22N6O/c1-4-15-11-10-20-8-7-16-14(20)13(18-11)17-9-12(21)19(5-2)6-3/h7-8,10,15H,4-6,9H2,1-3H3,(H,17,18). The lowest BCUT2D eigenvalue weighted by atomic mass is 10.4. The number of amides is 1. The third-order valence-corrected chi connectivity index (χ3v) is 3.26. The van der Waals surface area contributed by atoms with Crippen LogP contribution in [0.2, 0.25) is 0 Å². The van der Waals surface area contributed by atoms with E-state index in [1.165, 1.54) is 0 Å². The summed E-state index contributed by atoms with van der Waals surface area (Å²) >= 11 is 0. The zero-order valence-corrected chi connectivity index (χ0v) is 12.8. The first-order chi connectivity index (χ1) is 10.2. The SMILES string of the molecule is CCNc1cn2ccnc2c(NCC(=O)N(CC)CC)n1. The molecule has 0 atom stereocenters. The number of carbonyl (C=O) groups is 1. The first-order valence-electron chi connectivity index (χ1n) is 7.28. The first-order valence-corrected chi connectivity index (χ1v) is 7.28. The highest BCUT2D eigenvalue weighted by atomic mass is 16.2. The van der Waals surface area contributed by atoms with Gasteiger partial charge < -0.3 is 19.9 Å². The quantitative estimate of drug-likeness (QED) is 0.807. The Kier molecular flexibility index (Phi) is 4.97. The minimum Gasteiger partial charge on any atom is -0.369 e. The summed E-state index contributed by atoms with van der Waals surface area (Å²) in [4.78, 5) is 22.6. The molecule has 21 heavy (non-hydrogen) atoms. The molecule has 0 saturated carbocycles. The van der Waals surface area contributed by atoms with E-state index in [4.69, 9.17) is 0 Å². The molecular formula is C14H22N6O. The molecule has 7 heteroatoms. The van der Waals surface area contributed by atoms with Crippen LogP contribution in [0, 0.1) is 0 Å². The maximum atomic E-state index is 12.1. The van der Waals surface area contributed by atoms with Gasteiger partial charge >= 0.3 is 0 Å². The molecule has 0 saturated heterocycles. The fourth-order valence-electron chi connectivity index (χ4n) is 2.16. The van der Waals surface area contributed by atoms with Crippen molar-refractivity contribution in [2.45, 2.75) is 20.8 Å². The van der Waals surface area contributed by atoms with Gasteiger partial charge in [0.1, 0.15) is 5.82 Å². The average Bonchev–Trinajstić information content (AvgIpc) is 2.95. The van der Waals surface area contributed by atoms with Crippen molar-refractivity contribution in [1.82, 2.24) is 19.3 Å². The lowest BCUT2D eigenvalue weighted by Crippen LogP contribution is -2.35. The van der Waals surface area contributed by atoms with E-state index >= 15 is 0 Å². The number of hydrogen-bond acceptors (Lipinski definition) is 5. The van der Waals surface area contributed by atoms with Gasteiger partial charge in [-0.05, 0) is 20.8 Å². The maximum Gasteiger partial charge on any atom is 0.241 e. The largest absolute Gasteiger partial charge is 0.369 e. The smallest absolute Gasteiger partial charge is 0.241 e. The Hall–Kier alpha value is -2.31. The van der Waals surface area contributed by atoms with E-state index in [0.717, 1.165) is 12.4 Å². The third-order valence-electron chi connectivity index (χ3n) is 3.26. The number of anilines is 2. The van der Waals surface area contributed by atoms with E-state index in [2.05, 4.69) is 20.6 Å². The van der Waals surface area contributed by atoms with E-state index in [9.17, 15) is 4.79 Å². The van der Waals surface area contributed by atoms with Gasteiger partial charge in [0.2, 0.25) is 5.91 Å². The van der Waals surface area contributed by atoms with Gasteiger partial charge in [0.25, 0.3) is 0 Å². The van der Waals surface area contributed by atoms with Crippen LogP contribution in [-0.2, 0) is 4.79 Å². The monoisotopic (exact) mass is 290 g/mol. The van der Waals surface area contributed by atoms with Crippen LogP contribution in [0.5, 0.6) is 0 Å². The first kappa shape index (κ1) is 15.1. The summed E-state index contributed by atoms with van der Waals surface area (Å²) < 4.78 is 1.88. The lowest BCUT2D eigenvalue weighted by Gasteiger charge is -2.19. The number of nitrogens with zero attached hydrogens (tertiary/aromatic N) is 4. The molecular weight excluding hydrogens is 268 g/mol. The lowest BCUT2D eigenvalue weighted by molar-refractivity contribution is -0.128. The average molecular weight is 290 g/mol. The Labute approximate surface area is 124 Å². The number of rotatable bonds is 7. The molecule has 0 aliphatic rings. The number of imidazole rings is 1. The Morgan fingerprint density at radius 2 is 2.05 bits per heavy atom. The fraction of sp³-hybridized carbons (Fsp3) is 0.500. The van der Waals surface area contributed by atoms with Crippen LogP contribution in [0.1, 0.15) is 20.8 Å². The van der Waals surface area contributed by atoms with Crippen molar-refractivity contribution in [1.29, 1.82) is 0 Å². The van der Waals surface area contributed by atoms with Crippen LogP contribution in [0.15, 0.2) is 18.6 Å². The van der Waals surface area contributed by atoms with Gasteiger partial charge in [0.05, 0.1) is 12.7 Å². The summed E-state index contributed by atoms with van der Waals surface area (Å²) in [7, 11) is 0. The number of aromatic nitrogens is 3. The highest BCUT2D eigenvalue weighted by Gasteiger charge is 2.12. The van der Waals surface area contributed by atoms with Crippen LogP contribution in [0.4, 0.5) is 11.6 Å². The normalized spacial score (nSPS) is 10.6. The zero-order chi connectivity index (χ0) is 15.2. The molecule has 0 fully saturated rings. The Morgan fingerprint density at radius 3 is 2.71 bits per heavy atom. The third kappa shape index (κ3) is 3.42. The molecule has 0 bridgehead atoms. The van der Waals surface area contributed by atoms with E-state index in [1.54, 1.807) is 11.1 Å². The van der Waals surface area contributed by atoms with Crippen LogP contribution in [0.25, 0.3) is 5.65 Å². The minimum atomic E-state index is 0.0559. The van der Waals surface area contributed by atoms with Gasteiger partial charge in [-0.25, -0.2) is 9.97 Å². The maximum absolute atomic E-state index is 12.1. The fourth-order valence-corrected chi connectivity index (χ4v) is 2.16. The van der Waals surface area contributed by atoms with Crippen LogP contribution >= 0.6 is 0 Å². The van der Waals surface area contributed by atoms with Gasteiger partial charge in [0, 0.05) is 32.0 Å². The Balaban J connectivity index is 2.17. The second kappa shape index (κ2) is 6.92. The second-order valence-corrected chi connectivity index (χ2v) is 4.58. The number of nitrogens with one attached hydrogen (secondary N) is 2. The molecule has 2 heterocycles. The molecule has 0 unspecified atom stereocenters. The number of likely N-dealkylation sites (N-methyl/N-ethyl adjacent to an activating group) is 1. The van der Waals surface area contributed by atoms with E-state index < -0.39 is 0 Å². The van der Waals surface area contributed by atoms with E-state index in [-0.39, 0.29) is 12.5 Å². The van der Waals surface area contributed by atoms with Gasteiger partial charge in [-0.2, -0.15) is 0 Å². The van der Waals surface area contributed by atoms with E-state index in [0.29, 0.717) is 24.6 Å². The summed E-state index contributed by atoms with van der Waals surface area (Å²) in [6, 6.07) is 0. The highest BCUT2D eigenvalue weighted by Crippen LogP contribution is 2.16. The summed E-state index contributed by atoms with van der Waals surface area (Å²) in [6.07, 6.45) is 5.45. The van der Waals surface area contributed by atoms with E-state index in [1.807, 2.05) is 37.6 Å². The van der Waals surface area contributed by atoms with Crippen molar-refractivity contribution in [2.24, 2.45) is 0 Å².